The topological polar surface area (TPSA) is 124 Å². The molecule has 37 heavy (non-hydrogen) atoms. The molecule has 190 valence electrons. The van der Waals surface area contributed by atoms with Crippen LogP contribution in [0.3, 0.4) is 0 Å². The Morgan fingerprint density at radius 1 is 1.05 bits per heavy atom. The number of amides is 3. The van der Waals surface area contributed by atoms with Gasteiger partial charge < -0.3 is 10.1 Å². The lowest BCUT2D eigenvalue weighted by Gasteiger charge is -2.30. The minimum absolute atomic E-state index is 0.255. The summed E-state index contributed by atoms with van der Waals surface area (Å²) in [6, 6.07) is 13.2. The molecule has 12 heteroatoms. The van der Waals surface area contributed by atoms with Crippen molar-refractivity contribution in [3.63, 3.8) is 0 Å². The van der Waals surface area contributed by atoms with E-state index in [1.54, 1.807) is 43.3 Å². The van der Waals surface area contributed by atoms with E-state index in [-0.39, 0.29) is 23.9 Å². The van der Waals surface area contributed by atoms with Crippen molar-refractivity contribution in [3.8, 4) is 0 Å². The fraction of sp³-hybridized carbons (Fsp3) is 0.240. The molecule has 3 amide bonds. The molecule has 2 aromatic carbocycles. The van der Waals surface area contributed by atoms with Crippen LogP contribution >= 0.6 is 34.7 Å². The maximum Gasteiger partial charge on any atom is 0.338 e. The van der Waals surface area contributed by atoms with Crippen molar-refractivity contribution >= 4 is 64.1 Å². The van der Waals surface area contributed by atoms with Crippen LogP contribution in [0.1, 0.15) is 33.6 Å². The Hall–Kier alpha value is -3.41. The summed E-state index contributed by atoms with van der Waals surface area (Å²) in [5, 5.41) is 5.42. The van der Waals surface area contributed by atoms with Gasteiger partial charge in [-0.25, -0.2) is 4.79 Å². The third kappa shape index (κ3) is 4.81. The molecule has 0 radical (unpaired) electrons. The Labute approximate surface area is 224 Å². The molecular weight excluding hydrogens is 538 g/mol. The van der Waals surface area contributed by atoms with E-state index in [1.807, 2.05) is 0 Å². The quantitative estimate of drug-likeness (QED) is 0.352. The van der Waals surface area contributed by atoms with E-state index in [4.69, 9.17) is 16.3 Å². The van der Waals surface area contributed by atoms with Crippen molar-refractivity contribution < 1.29 is 23.9 Å². The van der Waals surface area contributed by atoms with Gasteiger partial charge in [-0.2, -0.15) is 0 Å². The number of esters is 1. The summed E-state index contributed by atoms with van der Waals surface area (Å²) in [7, 11) is 0. The fourth-order valence-corrected chi connectivity index (χ4v) is 7.32. The number of benzene rings is 2. The molecule has 1 saturated heterocycles. The van der Waals surface area contributed by atoms with E-state index in [0.717, 1.165) is 28.7 Å². The summed E-state index contributed by atoms with van der Waals surface area (Å²) >= 11 is 8.14. The zero-order chi connectivity index (χ0) is 26.3. The van der Waals surface area contributed by atoms with Crippen LogP contribution in [-0.2, 0) is 25.7 Å². The number of thiazole rings is 1. The molecule has 0 saturated carbocycles. The van der Waals surface area contributed by atoms with Crippen LogP contribution in [-0.4, -0.2) is 40.1 Å². The van der Waals surface area contributed by atoms with Crippen LogP contribution in [0.15, 0.2) is 58.4 Å². The number of rotatable bonds is 6. The van der Waals surface area contributed by atoms with Crippen molar-refractivity contribution in [2.75, 3.05) is 11.9 Å². The molecule has 1 aromatic heterocycles. The van der Waals surface area contributed by atoms with Crippen LogP contribution in [0.25, 0.3) is 0 Å². The number of nitrogens with zero attached hydrogens (tertiary/aromatic N) is 1. The number of imide groups is 1. The van der Waals surface area contributed by atoms with Crippen molar-refractivity contribution in [2.24, 2.45) is 5.92 Å². The molecular formula is C25H20ClN3O6S2. The molecule has 0 aliphatic carbocycles. The summed E-state index contributed by atoms with van der Waals surface area (Å²) < 4.78 is 6.29. The molecule has 9 nitrogen and oxygen atoms in total. The van der Waals surface area contributed by atoms with Gasteiger partial charge in [0.15, 0.2) is 0 Å². The number of hydrogen-bond acceptors (Lipinski definition) is 8. The maximum atomic E-state index is 13.0. The first-order chi connectivity index (χ1) is 17.8. The monoisotopic (exact) mass is 557 g/mol. The van der Waals surface area contributed by atoms with Gasteiger partial charge in [-0.15, -0.1) is 0 Å². The fourth-order valence-electron chi connectivity index (χ4n) is 4.45. The third-order valence-corrected chi connectivity index (χ3v) is 8.97. The number of nitrogens with one attached hydrogen (secondary N) is 2. The van der Waals surface area contributed by atoms with Crippen molar-refractivity contribution in [3.05, 3.63) is 79.2 Å². The second-order valence-corrected chi connectivity index (χ2v) is 11.0. The van der Waals surface area contributed by atoms with E-state index in [0.29, 0.717) is 26.2 Å². The zero-order valence-corrected chi connectivity index (χ0v) is 21.7. The van der Waals surface area contributed by atoms with Gasteiger partial charge in [-0.3, -0.25) is 29.1 Å². The summed E-state index contributed by atoms with van der Waals surface area (Å²) in [6.45, 7) is 1.69. The summed E-state index contributed by atoms with van der Waals surface area (Å²) in [5.41, 5.74) is 1.56. The van der Waals surface area contributed by atoms with E-state index < -0.39 is 34.9 Å². The smallest absolute Gasteiger partial charge is 0.338 e. The van der Waals surface area contributed by atoms with Crippen LogP contribution < -0.4 is 15.5 Å². The highest BCUT2D eigenvalue weighted by atomic mass is 35.5. The second-order valence-electron chi connectivity index (χ2n) is 8.42. The zero-order valence-electron chi connectivity index (χ0n) is 19.4. The highest BCUT2D eigenvalue weighted by Gasteiger charge is 2.52. The predicted octanol–water partition coefficient (Wildman–Crippen LogP) is 3.26. The SMILES string of the molecule is CCOC(=O)c1ccc(NC(=O)Cn2c3c(sc2=O)[C@@H](c2ccc(Cl)cc2)C2C(=O)NC(=O)C2S3)cc1. The van der Waals surface area contributed by atoms with Crippen molar-refractivity contribution in [1.82, 2.24) is 9.88 Å². The van der Waals surface area contributed by atoms with Gasteiger partial charge in [0, 0.05) is 21.5 Å². The van der Waals surface area contributed by atoms with E-state index >= 15 is 0 Å². The molecule has 3 heterocycles. The molecule has 5 rings (SSSR count). The van der Waals surface area contributed by atoms with Crippen LogP contribution in [0.5, 0.6) is 0 Å². The van der Waals surface area contributed by atoms with Crippen LogP contribution in [0.4, 0.5) is 5.69 Å². The average Bonchev–Trinajstić information content (AvgIpc) is 3.33. The Morgan fingerprint density at radius 3 is 2.43 bits per heavy atom. The highest BCUT2D eigenvalue weighted by molar-refractivity contribution is 8.00. The number of thioether (sulfide) groups is 1. The summed E-state index contributed by atoms with van der Waals surface area (Å²) in [5.74, 6) is -2.92. The number of anilines is 1. The normalized spacial score (nSPS) is 20.1. The van der Waals surface area contributed by atoms with Gasteiger partial charge in [0.05, 0.1) is 23.1 Å². The molecule has 0 spiro atoms. The minimum Gasteiger partial charge on any atom is -0.462 e. The molecule has 1 fully saturated rings. The minimum atomic E-state index is -0.723. The molecule has 2 aliphatic rings. The molecule has 2 unspecified atom stereocenters. The second kappa shape index (κ2) is 10.2. The Balaban J connectivity index is 1.43. The van der Waals surface area contributed by atoms with Crippen molar-refractivity contribution in [2.45, 2.75) is 29.7 Å². The van der Waals surface area contributed by atoms with Gasteiger partial charge in [-0.1, -0.05) is 46.8 Å². The number of fused-ring (bicyclic) bond motifs is 2. The number of aromatic nitrogens is 1. The number of carbonyl (C=O) groups is 4. The summed E-state index contributed by atoms with van der Waals surface area (Å²) in [6.07, 6.45) is 0. The summed E-state index contributed by atoms with van der Waals surface area (Å²) in [4.78, 5) is 63.3. The molecule has 3 aromatic rings. The molecule has 3 atom stereocenters. The van der Waals surface area contributed by atoms with Gasteiger partial charge >= 0.3 is 10.8 Å². The number of halogens is 1. The molecule has 2 aliphatic heterocycles. The van der Waals surface area contributed by atoms with E-state index in [9.17, 15) is 24.0 Å². The van der Waals surface area contributed by atoms with Gasteiger partial charge in [-0.05, 0) is 48.9 Å². The van der Waals surface area contributed by atoms with Gasteiger partial charge in [0.1, 0.15) is 11.8 Å². The maximum absolute atomic E-state index is 13.0. The Morgan fingerprint density at radius 2 is 1.76 bits per heavy atom. The standard InChI is InChI=1S/C25H20ClN3O6S2/c1-2-35-24(33)13-5-9-15(10-6-13)27-16(30)11-29-23-20(37-25(29)34)17(12-3-7-14(26)8-4-12)18-19(36-23)22(32)28-21(18)31/h3-10,17-19H,2,11H2,1H3,(H,27,30)(H,28,31,32)/t17-,18?,19?/m0/s1. The Bertz CT molecular complexity index is 1470. The molecule has 0 bridgehead atoms. The van der Waals surface area contributed by atoms with Crippen LogP contribution in [0, 0.1) is 5.92 Å². The van der Waals surface area contributed by atoms with Gasteiger partial charge in [0.2, 0.25) is 17.7 Å². The van der Waals surface area contributed by atoms with Crippen LogP contribution in [0.2, 0.25) is 5.02 Å². The number of hydrogen-bond donors (Lipinski definition) is 2. The van der Waals surface area contributed by atoms with E-state index in [1.165, 1.54) is 16.7 Å². The Kier molecular flexibility index (Phi) is 6.93. The van der Waals surface area contributed by atoms with E-state index in [2.05, 4.69) is 10.6 Å². The first kappa shape index (κ1) is 25.2. The average molecular weight is 558 g/mol. The first-order valence-electron chi connectivity index (χ1n) is 11.3. The van der Waals surface area contributed by atoms with Crippen molar-refractivity contribution in [1.29, 1.82) is 0 Å². The highest BCUT2D eigenvalue weighted by Crippen LogP contribution is 2.51. The lowest BCUT2D eigenvalue weighted by molar-refractivity contribution is -0.126. The predicted molar refractivity (Wildman–Crippen MR) is 139 cm³/mol. The molecule has 2 N–H and O–H groups in total. The van der Waals surface area contributed by atoms with Gasteiger partial charge in [0.25, 0.3) is 0 Å². The largest absolute Gasteiger partial charge is 0.462 e. The first-order valence-corrected chi connectivity index (χ1v) is 13.4. The lowest BCUT2D eigenvalue weighted by Crippen LogP contribution is -2.32. The number of carbonyl (C=O) groups excluding carboxylic acids is 4. The number of ether oxygens (including phenoxy) is 1. The third-order valence-electron chi connectivity index (χ3n) is 6.10. The lowest BCUT2D eigenvalue weighted by atomic mass is 9.83.